The molecule has 0 spiro atoms. The quantitative estimate of drug-likeness (QED) is 0.723. The van der Waals surface area contributed by atoms with Crippen LogP contribution in [-0.4, -0.2) is 37.0 Å². The second-order valence-electron chi connectivity index (χ2n) is 6.57. The highest BCUT2D eigenvalue weighted by Gasteiger charge is 2.21. The number of benzene rings is 2. The minimum Gasteiger partial charge on any atom is -0.479 e. The van der Waals surface area contributed by atoms with Crippen molar-refractivity contribution in [2.45, 2.75) is 25.9 Å². The molecule has 3 rings (SSSR count). The Bertz CT molecular complexity index is 883. The van der Waals surface area contributed by atoms with Gasteiger partial charge in [0.1, 0.15) is 11.6 Å². The summed E-state index contributed by atoms with van der Waals surface area (Å²) in [5, 5.41) is 2.62. The van der Waals surface area contributed by atoms with E-state index in [1.165, 1.54) is 31.2 Å². The Balaban J connectivity index is 1.44. The lowest BCUT2D eigenvalue weighted by molar-refractivity contribution is -0.153. The molecule has 1 aliphatic heterocycles. The van der Waals surface area contributed by atoms with E-state index in [2.05, 4.69) is 5.32 Å². The second kappa shape index (κ2) is 9.18. The van der Waals surface area contributed by atoms with Gasteiger partial charge in [-0.3, -0.25) is 9.59 Å². The van der Waals surface area contributed by atoms with Gasteiger partial charge in [-0.2, -0.15) is 0 Å². The molecule has 1 atom stereocenters. The third-order valence-electron chi connectivity index (χ3n) is 4.34. The molecule has 8 heteroatoms. The van der Waals surface area contributed by atoms with Crippen molar-refractivity contribution >= 4 is 29.2 Å². The van der Waals surface area contributed by atoms with Gasteiger partial charge in [0.15, 0.2) is 12.7 Å². The Morgan fingerprint density at radius 1 is 1.14 bits per heavy atom. The predicted molar refractivity (Wildman–Crippen MR) is 104 cm³/mol. The van der Waals surface area contributed by atoms with Crippen LogP contribution in [0.2, 0.25) is 0 Å². The maximum absolute atomic E-state index is 12.9. The zero-order chi connectivity index (χ0) is 20.8. The lowest BCUT2D eigenvalue weighted by Crippen LogP contribution is -2.29. The number of nitrogens with one attached hydrogen (secondary N) is 1. The summed E-state index contributed by atoms with van der Waals surface area (Å²) >= 11 is 0. The van der Waals surface area contributed by atoms with Crippen molar-refractivity contribution in [2.24, 2.45) is 0 Å². The normalized spacial score (nSPS) is 14.4. The van der Waals surface area contributed by atoms with Crippen molar-refractivity contribution in [3.05, 3.63) is 54.3 Å². The first kappa shape index (κ1) is 20.3. The number of esters is 1. The lowest BCUT2D eigenvalue weighted by atomic mass is 10.2. The van der Waals surface area contributed by atoms with Gasteiger partial charge in [-0.1, -0.05) is 0 Å². The molecule has 2 amide bonds. The summed E-state index contributed by atoms with van der Waals surface area (Å²) in [5.74, 6) is -1.23. The van der Waals surface area contributed by atoms with Crippen LogP contribution in [0.5, 0.6) is 5.75 Å². The van der Waals surface area contributed by atoms with Gasteiger partial charge in [-0.25, -0.2) is 9.18 Å². The topological polar surface area (TPSA) is 84.9 Å². The van der Waals surface area contributed by atoms with E-state index < -0.39 is 30.4 Å². The average molecular weight is 400 g/mol. The standard InChI is InChI=1S/C21H21FN2O5/c1-14(29-18-10-4-15(22)5-11-18)21(27)28-13-19(25)23-16-6-8-17(9-7-16)24-12-2-3-20(24)26/h4-11,14H,2-3,12-13H2,1H3,(H,23,25)/t14-/m0/s1. The van der Waals surface area contributed by atoms with E-state index in [9.17, 15) is 18.8 Å². The van der Waals surface area contributed by atoms with Crippen LogP contribution in [0.25, 0.3) is 0 Å². The first-order chi connectivity index (χ1) is 13.9. The van der Waals surface area contributed by atoms with E-state index in [0.717, 1.165) is 12.1 Å². The summed E-state index contributed by atoms with van der Waals surface area (Å²) in [5.41, 5.74) is 1.31. The maximum Gasteiger partial charge on any atom is 0.347 e. The van der Waals surface area contributed by atoms with E-state index in [-0.39, 0.29) is 5.91 Å². The first-order valence-corrected chi connectivity index (χ1v) is 9.21. The number of hydrogen-bond donors (Lipinski definition) is 1. The smallest absolute Gasteiger partial charge is 0.347 e. The minimum atomic E-state index is -0.953. The van der Waals surface area contributed by atoms with Gasteiger partial charge in [0.25, 0.3) is 5.91 Å². The highest BCUT2D eigenvalue weighted by atomic mass is 19.1. The van der Waals surface area contributed by atoms with Crippen LogP contribution in [0.4, 0.5) is 15.8 Å². The number of amides is 2. The molecule has 7 nitrogen and oxygen atoms in total. The van der Waals surface area contributed by atoms with E-state index >= 15 is 0 Å². The molecule has 2 aromatic rings. The SMILES string of the molecule is C[C@H](Oc1ccc(F)cc1)C(=O)OCC(=O)Nc1ccc(N2CCCC2=O)cc1. The van der Waals surface area contributed by atoms with Crippen molar-refractivity contribution in [1.29, 1.82) is 0 Å². The van der Waals surface area contributed by atoms with Gasteiger partial charge >= 0.3 is 5.97 Å². The number of rotatable bonds is 7. The van der Waals surface area contributed by atoms with Crippen LogP contribution in [0.15, 0.2) is 48.5 Å². The van der Waals surface area contributed by atoms with Gasteiger partial charge in [0.2, 0.25) is 5.91 Å². The van der Waals surface area contributed by atoms with E-state index in [1.807, 2.05) is 0 Å². The number of carbonyl (C=O) groups excluding carboxylic acids is 3. The number of carbonyl (C=O) groups is 3. The van der Waals surface area contributed by atoms with E-state index in [1.54, 1.807) is 29.2 Å². The number of ether oxygens (including phenoxy) is 2. The fourth-order valence-electron chi connectivity index (χ4n) is 2.86. The first-order valence-electron chi connectivity index (χ1n) is 9.21. The van der Waals surface area contributed by atoms with Crippen LogP contribution in [0, 0.1) is 5.82 Å². The van der Waals surface area contributed by atoms with Crippen molar-refractivity contribution in [1.82, 2.24) is 0 Å². The summed E-state index contributed by atoms with van der Waals surface area (Å²) in [7, 11) is 0. The Morgan fingerprint density at radius 2 is 1.83 bits per heavy atom. The Kier molecular flexibility index (Phi) is 6.43. The van der Waals surface area contributed by atoms with Crippen molar-refractivity contribution < 1.29 is 28.2 Å². The van der Waals surface area contributed by atoms with Crippen LogP contribution in [-0.2, 0) is 19.1 Å². The number of anilines is 2. The zero-order valence-corrected chi connectivity index (χ0v) is 15.9. The Hall–Kier alpha value is -3.42. The fraction of sp³-hybridized carbons (Fsp3) is 0.286. The molecule has 1 saturated heterocycles. The molecule has 0 saturated carbocycles. The Morgan fingerprint density at radius 3 is 2.45 bits per heavy atom. The van der Waals surface area contributed by atoms with Gasteiger partial charge in [0.05, 0.1) is 0 Å². The van der Waals surface area contributed by atoms with Crippen molar-refractivity contribution in [3.8, 4) is 5.75 Å². The molecule has 0 radical (unpaired) electrons. The molecule has 1 heterocycles. The molecular weight excluding hydrogens is 379 g/mol. The molecule has 152 valence electrons. The molecule has 1 N–H and O–H groups in total. The maximum atomic E-state index is 12.9. The molecular formula is C21H21FN2O5. The third kappa shape index (κ3) is 5.54. The van der Waals surface area contributed by atoms with E-state index in [0.29, 0.717) is 24.4 Å². The van der Waals surface area contributed by atoms with Crippen LogP contribution in [0.3, 0.4) is 0 Å². The molecule has 0 aromatic heterocycles. The van der Waals surface area contributed by atoms with E-state index in [4.69, 9.17) is 9.47 Å². The molecule has 2 aromatic carbocycles. The number of nitrogens with zero attached hydrogens (tertiary/aromatic N) is 1. The molecule has 0 unspecified atom stereocenters. The fourth-order valence-corrected chi connectivity index (χ4v) is 2.86. The molecule has 1 fully saturated rings. The summed E-state index contributed by atoms with van der Waals surface area (Å²) in [6, 6.07) is 12.1. The van der Waals surface area contributed by atoms with Crippen LogP contribution >= 0.6 is 0 Å². The monoisotopic (exact) mass is 400 g/mol. The summed E-state index contributed by atoms with van der Waals surface area (Å²) in [4.78, 5) is 37.4. The van der Waals surface area contributed by atoms with Gasteiger partial charge in [-0.05, 0) is 61.9 Å². The molecule has 29 heavy (non-hydrogen) atoms. The highest BCUT2D eigenvalue weighted by molar-refractivity contribution is 5.96. The molecule has 0 bridgehead atoms. The third-order valence-corrected chi connectivity index (χ3v) is 4.34. The molecule has 0 aliphatic carbocycles. The largest absolute Gasteiger partial charge is 0.479 e. The zero-order valence-electron chi connectivity index (χ0n) is 15.9. The highest BCUT2D eigenvalue weighted by Crippen LogP contribution is 2.23. The Labute approximate surface area is 167 Å². The predicted octanol–water partition coefficient (Wildman–Crippen LogP) is 2.90. The van der Waals surface area contributed by atoms with Gasteiger partial charge in [0, 0.05) is 24.3 Å². The summed E-state index contributed by atoms with van der Waals surface area (Å²) in [6.07, 6.45) is 0.435. The van der Waals surface area contributed by atoms with Crippen molar-refractivity contribution in [2.75, 3.05) is 23.4 Å². The summed E-state index contributed by atoms with van der Waals surface area (Å²) in [6.45, 7) is 1.70. The molecule has 1 aliphatic rings. The van der Waals surface area contributed by atoms with Gasteiger partial charge < -0.3 is 19.7 Å². The van der Waals surface area contributed by atoms with Crippen LogP contribution < -0.4 is 15.0 Å². The van der Waals surface area contributed by atoms with Gasteiger partial charge in [-0.15, -0.1) is 0 Å². The average Bonchev–Trinajstić information content (AvgIpc) is 3.14. The number of hydrogen-bond acceptors (Lipinski definition) is 5. The number of halogens is 1. The second-order valence-corrected chi connectivity index (χ2v) is 6.57. The lowest BCUT2D eigenvalue weighted by Gasteiger charge is -2.16. The van der Waals surface area contributed by atoms with Crippen molar-refractivity contribution in [3.63, 3.8) is 0 Å². The minimum absolute atomic E-state index is 0.0886. The summed E-state index contributed by atoms with van der Waals surface area (Å²) < 4.78 is 23.2. The van der Waals surface area contributed by atoms with Crippen LogP contribution in [0.1, 0.15) is 19.8 Å².